The van der Waals surface area contributed by atoms with E-state index in [1.54, 1.807) is 30.3 Å². The standard InChI is InChI=1S/C25H26O5/c1-14(2)5-6-15-13-16(7-9-19(15)26)23-22(28)21(27)18-8-10-20-17(24(18)29-23)11-12-25(3,4)30-20/h5,7-13,22-23,26,28H,6H2,1-4H3. The van der Waals surface area contributed by atoms with E-state index >= 15 is 0 Å². The highest BCUT2D eigenvalue weighted by molar-refractivity contribution is 6.04. The lowest BCUT2D eigenvalue weighted by Gasteiger charge is -2.34. The molecule has 2 N–H and O–H groups in total. The molecule has 2 aromatic rings. The molecule has 2 atom stereocenters. The van der Waals surface area contributed by atoms with Crippen LogP contribution in [0.3, 0.4) is 0 Å². The van der Waals surface area contributed by atoms with Gasteiger partial charge in [-0.05, 0) is 81.7 Å². The van der Waals surface area contributed by atoms with E-state index in [1.165, 1.54) is 0 Å². The van der Waals surface area contributed by atoms with Gasteiger partial charge in [-0.2, -0.15) is 0 Å². The second-order valence-electron chi connectivity index (χ2n) is 8.61. The summed E-state index contributed by atoms with van der Waals surface area (Å²) in [6.45, 7) is 7.89. The third kappa shape index (κ3) is 3.61. The second kappa shape index (κ2) is 7.33. The topological polar surface area (TPSA) is 76.0 Å². The Balaban J connectivity index is 1.75. The number of Topliss-reactive ketones (excluding diaryl/α,β-unsaturated/α-hetero) is 1. The molecule has 0 radical (unpaired) electrons. The molecular weight excluding hydrogens is 380 g/mol. The first-order chi connectivity index (χ1) is 14.2. The lowest BCUT2D eigenvalue weighted by atomic mass is 9.89. The maximum absolute atomic E-state index is 12.9. The molecule has 0 saturated carbocycles. The van der Waals surface area contributed by atoms with Gasteiger partial charge in [0, 0.05) is 0 Å². The van der Waals surface area contributed by atoms with E-state index in [2.05, 4.69) is 0 Å². The maximum atomic E-state index is 12.9. The molecule has 0 saturated heterocycles. The van der Waals surface area contributed by atoms with Crippen LogP contribution in [0.5, 0.6) is 17.2 Å². The molecule has 0 aromatic heterocycles. The number of ketones is 1. The number of aliphatic hydroxyl groups excluding tert-OH is 1. The largest absolute Gasteiger partial charge is 0.508 e. The van der Waals surface area contributed by atoms with Crippen LogP contribution in [-0.4, -0.2) is 27.7 Å². The highest BCUT2D eigenvalue weighted by Crippen LogP contribution is 2.44. The fraction of sp³-hybridized carbons (Fsp3) is 0.320. The Morgan fingerprint density at radius 1 is 1.20 bits per heavy atom. The van der Waals surface area contributed by atoms with E-state index in [-0.39, 0.29) is 11.5 Å². The number of carbonyl (C=O) groups is 1. The maximum Gasteiger partial charge on any atom is 0.199 e. The monoisotopic (exact) mass is 406 g/mol. The predicted molar refractivity (Wildman–Crippen MR) is 115 cm³/mol. The zero-order chi connectivity index (χ0) is 21.6. The molecule has 2 unspecified atom stereocenters. The molecule has 2 aromatic carbocycles. The number of benzene rings is 2. The van der Waals surface area contributed by atoms with E-state index < -0.39 is 17.8 Å². The zero-order valence-electron chi connectivity index (χ0n) is 17.6. The van der Waals surface area contributed by atoms with Crippen molar-refractivity contribution in [3.05, 3.63) is 70.3 Å². The van der Waals surface area contributed by atoms with Gasteiger partial charge in [0.15, 0.2) is 18.0 Å². The van der Waals surface area contributed by atoms with Crippen LogP contribution >= 0.6 is 0 Å². The van der Waals surface area contributed by atoms with Gasteiger partial charge in [-0.25, -0.2) is 0 Å². The van der Waals surface area contributed by atoms with Gasteiger partial charge >= 0.3 is 0 Å². The number of phenolic OH excluding ortho intramolecular Hbond substituents is 1. The molecule has 30 heavy (non-hydrogen) atoms. The Hall–Kier alpha value is -3.05. The Labute approximate surface area is 176 Å². The molecule has 4 rings (SSSR count). The first-order valence-electron chi connectivity index (χ1n) is 10.1. The quantitative estimate of drug-likeness (QED) is 0.719. The molecular formula is C25H26O5. The van der Waals surface area contributed by atoms with Crippen LogP contribution in [0.2, 0.25) is 0 Å². The number of ether oxygens (including phenoxy) is 2. The third-order valence-corrected chi connectivity index (χ3v) is 5.41. The minimum Gasteiger partial charge on any atom is -0.508 e. The van der Waals surface area contributed by atoms with Gasteiger partial charge in [0.1, 0.15) is 22.8 Å². The number of phenols is 1. The summed E-state index contributed by atoms with van der Waals surface area (Å²) in [6.07, 6.45) is 4.18. The van der Waals surface area contributed by atoms with Crippen LogP contribution < -0.4 is 9.47 Å². The van der Waals surface area contributed by atoms with Crippen LogP contribution in [0.4, 0.5) is 0 Å². The Bertz CT molecular complexity index is 1070. The van der Waals surface area contributed by atoms with Gasteiger partial charge < -0.3 is 19.7 Å². The number of allylic oxidation sites excluding steroid dienone is 2. The summed E-state index contributed by atoms with van der Waals surface area (Å²) in [4.78, 5) is 12.9. The van der Waals surface area contributed by atoms with Crippen molar-refractivity contribution >= 4 is 11.9 Å². The van der Waals surface area contributed by atoms with Gasteiger partial charge in [-0.3, -0.25) is 4.79 Å². The average molecular weight is 406 g/mol. The summed E-state index contributed by atoms with van der Waals surface area (Å²) in [7, 11) is 0. The van der Waals surface area contributed by atoms with Crippen molar-refractivity contribution in [1.29, 1.82) is 0 Å². The van der Waals surface area contributed by atoms with Gasteiger partial charge in [0.25, 0.3) is 0 Å². The third-order valence-electron chi connectivity index (χ3n) is 5.41. The fourth-order valence-corrected chi connectivity index (χ4v) is 3.75. The molecule has 2 aliphatic heterocycles. The van der Waals surface area contributed by atoms with Crippen molar-refractivity contribution in [2.75, 3.05) is 0 Å². The summed E-state index contributed by atoms with van der Waals surface area (Å²) in [5.74, 6) is 0.836. The number of rotatable bonds is 3. The molecule has 156 valence electrons. The van der Waals surface area contributed by atoms with Crippen molar-refractivity contribution in [3.63, 3.8) is 0 Å². The van der Waals surface area contributed by atoms with Gasteiger partial charge in [-0.15, -0.1) is 0 Å². The smallest absolute Gasteiger partial charge is 0.199 e. The van der Waals surface area contributed by atoms with Crippen LogP contribution in [-0.2, 0) is 6.42 Å². The Morgan fingerprint density at radius 2 is 1.97 bits per heavy atom. The van der Waals surface area contributed by atoms with Crippen LogP contribution in [0, 0.1) is 0 Å². The highest BCUT2D eigenvalue weighted by atomic mass is 16.5. The first-order valence-corrected chi connectivity index (χ1v) is 10.1. The van der Waals surface area contributed by atoms with Crippen molar-refractivity contribution in [2.24, 2.45) is 0 Å². The SMILES string of the molecule is CC(C)=CCc1cc(C2Oc3c(ccc4c3C=CC(C)(C)O4)C(=O)C2O)ccc1O. The Kier molecular flexibility index (Phi) is 4.94. The molecule has 0 aliphatic carbocycles. The molecule has 0 amide bonds. The zero-order valence-corrected chi connectivity index (χ0v) is 17.6. The van der Waals surface area contributed by atoms with Crippen LogP contribution in [0.25, 0.3) is 6.08 Å². The molecule has 0 fully saturated rings. The van der Waals surface area contributed by atoms with E-state index in [0.717, 1.165) is 5.57 Å². The summed E-state index contributed by atoms with van der Waals surface area (Å²) in [6, 6.07) is 8.42. The molecule has 0 bridgehead atoms. The van der Waals surface area contributed by atoms with Crippen molar-refractivity contribution < 1.29 is 24.5 Å². The molecule has 5 nitrogen and oxygen atoms in total. The minimum atomic E-state index is -1.33. The van der Waals surface area contributed by atoms with Crippen molar-refractivity contribution in [1.82, 2.24) is 0 Å². The summed E-state index contributed by atoms with van der Waals surface area (Å²) in [5, 5.41) is 20.9. The summed E-state index contributed by atoms with van der Waals surface area (Å²) >= 11 is 0. The van der Waals surface area contributed by atoms with Gasteiger partial charge in [0.2, 0.25) is 0 Å². The first kappa shape index (κ1) is 20.2. The minimum absolute atomic E-state index is 0.171. The van der Waals surface area contributed by atoms with E-state index in [1.807, 2.05) is 45.9 Å². The van der Waals surface area contributed by atoms with Gasteiger partial charge in [0.05, 0.1) is 11.1 Å². The lowest BCUT2D eigenvalue weighted by Crippen LogP contribution is -2.37. The number of fused-ring (bicyclic) bond motifs is 3. The number of hydrogen-bond acceptors (Lipinski definition) is 5. The number of aromatic hydroxyl groups is 1. The van der Waals surface area contributed by atoms with E-state index in [4.69, 9.17) is 9.47 Å². The van der Waals surface area contributed by atoms with Crippen molar-refractivity contribution in [2.45, 2.75) is 51.9 Å². The molecule has 2 aliphatic rings. The Morgan fingerprint density at radius 3 is 2.70 bits per heavy atom. The number of aliphatic hydroxyl groups is 1. The summed E-state index contributed by atoms with van der Waals surface area (Å²) < 4.78 is 12.2. The predicted octanol–water partition coefficient (Wildman–Crippen LogP) is 4.76. The van der Waals surface area contributed by atoms with Crippen LogP contribution in [0.15, 0.2) is 48.1 Å². The number of hydrogen-bond donors (Lipinski definition) is 2. The van der Waals surface area contributed by atoms with Gasteiger partial charge in [-0.1, -0.05) is 17.7 Å². The highest BCUT2D eigenvalue weighted by Gasteiger charge is 2.39. The molecule has 2 heterocycles. The summed E-state index contributed by atoms with van der Waals surface area (Å²) in [5.41, 5.74) is 3.07. The molecule has 0 spiro atoms. The molecule has 5 heteroatoms. The van der Waals surface area contributed by atoms with Crippen LogP contribution in [0.1, 0.15) is 60.8 Å². The normalized spacial score (nSPS) is 21.2. The fourth-order valence-electron chi connectivity index (χ4n) is 3.75. The van der Waals surface area contributed by atoms with Crippen molar-refractivity contribution in [3.8, 4) is 17.2 Å². The average Bonchev–Trinajstić information content (AvgIpc) is 2.68. The second-order valence-corrected chi connectivity index (χ2v) is 8.61. The van der Waals surface area contributed by atoms with E-state index in [9.17, 15) is 15.0 Å². The number of carbonyl (C=O) groups excluding carboxylic acids is 1. The van der Waals surface area contributed by atoms with E-state index in [0.29, 0.717) is 40.2 Å². The lowest BCUT2D eigenvalue weighted by molar-refractivity contribution is 0.0212.